The van der Waals surface area contributed by atoms with Crippen LogP contribution in [0.25, 0.3) is 10.4 Å². The molecule has 0 saturated carbocycles. The molecule has 0 radical (unpaired) electrons. The molecule has 13 heavy (non-hydrogen) atoms. The molecule has 0 aromatic carbocycles. The second kappa shape index (κ2) is 3.10. The van der Waals surface area contributed by atoms with Crippen molar-refractivity contribution in [3.63, 3.8) is 0 Å². The van der Waals surface area contributed by atoms with Gasteiger partial charge in [-0.15, -0.1) is 11.3 Å². The van der Waals surface area contributed by atoms with Crippen LogP contribution in [-0.2, 0) is 0 Å². The predicted octanol–water partition coefficient (Wildman–Crippen LogP) is 1.92. The van der Waals surface area contributed by atoms with E-state index in [1.54, 1.807) is 12.4 Å². The van der Waals surface area contributed by atoms with Crippen LogP contribution in [0.15, 0.2) is 16.9 Å². The third-order valence-electron chi connectivity index (χ3n) is 1.64. The Bertz CT molecular complexity index is 433. The number of aldehydes is 1. The second-order valence-corrected chi connectivity index (χ2v) is 3.54. The van der Waals surface area contributed by atoms with Crippen molar-refractivity contribution in [2.75, 3.05) is 0 Å². The van der Waals surface area contributed by atoms with Crippen LogP contribution in [0.3, 0.4) is 0 Å². The van der Waals surface area contributed by atoms with Gasteiger partial charge in [0.15, 0.2) is 11.3 Å². The van der Waals surface area contributed by atoms with Gasteiger partial charge in [-0.05, 0) is 6.92 Å². The van der Waals surface area contributed by atoms with Crippen LogP contribution in [0.1, 0.15) is 15.6 Å². The summed E-state index contributed by atoms with van der Waals surface area (Å²) in [7, 11) is 0. The van der Waals surface area contributed by atoms with Crippen molar-refractivity contribution in [1.82, 2.24) is 10.1 Å². The zero-order valence-corrected chi connectivity index (χ0v) is 7.67. The molecule has 0 aliphatic carbocycles. The second-order valence-electron chi connectivity index (χ2n) is 2.48. The van der Waals surface area contributed by atoms with Gasteiger partial charge in [0, 0.05) is 6.20 Å². The molecule has 2 rings (SSSR count). The van der Waals surface area contributed by atoms with Crippen LogP contribution >= 0.6 is 11.3 Å². The summed E-state index contributed by atoms with van der Waals surface area (Å²) in [6.45, 7) is 1.82. The van der Waals surface area contributed by atoms with E-state index in [4.69, 9.17) is 4.52 Å². The van der Waals surface area contributed by atoms with Gasteiger partial charge in [-0.3, -0.25) is 4.79 Å². The van der Waals surface area contributed by atoms with E-state index in [0.717, 1.165) is 22.5 Å². The number of carbonyl (C=O) groups excluding carboxylic acids is 1. The van der Waals surface area contributed by atoms with E-state index < -0.39 is 0 Å². The molecule has 0 aliphatic rings. The Morgan fingerprint density at radius 1 is 1.54 bits per heavy atom. The van der Waals surface area contributed by atoms with Crippen molar-refractivity contribution in [1.29, 1.82) is 0 Å². The molecule has 0 atom stereocenters. The molecule has 2 aromatic rings. The minimum atomic E-state index is 0.468. The van der Waals surface area contributed by atoms with Gasteiger partial charge in [-0.1, -0.05) is 5.16 Å². The molecular formula is C8H6N2O2S. The molecule has 0 N–H and O–H groups in total. The lowest BCUT2D eigenvalue weighted by molar-refractivity contribution is 0.112. The predicted molar refractivity (Wildman–Crippen MR) is 47.7 cm³/mol. The Balaban J connectivity index is 2.46. The summed E-state index contributed by atoms with van der Waals surface area (Å²) < 4.78 is 4.90. The molecule has 0 bridgehead atoms. The molecule has 0 spiro atoms. The molecular weight excluding hydrogens is 188 g/mol. The zero-order valence-electron chi connectivity index (χ0n) is 6.85. The monoisotopic (exact) mass is 194 g/mol. The summed E-state index contributed by atoms with van der Waals surface area (Å²) in [6, 6.07) is 0. The standard InChI is InChI=1S/C8H6N2O2S/c1-5-6(2-10-12-5)7-3-9-8(4-11)13-7/h2-4H,1H3. The summed E-state index contributed by atoms with van der Waals surface area (Å²) in [4.78, 5) is 15.2. The molecule has 2 aromatic heterocycles. The third kappa shape index (κ3) is 1.38. The van der Waals surface area contributed by atoms with E-state index in [1.807, 2.05) is 6.92 Å². The first-order chi connectivity index (χ1) is 6.31. The molecule has 4 nitrogen and oxygen atoms in total. The van der Waals surface area contributed by atoms with E-state index in [1.165, 1.54) is 11.3 Å². The summed E-state index contributed by atoms with van der Waals surface area (Å²) in [6.07, 6.45) is 4.00. The first-order valence-corrected chi connectivity index (χ1v) is 4.45. The van der Waals surface area contributed by atoms with Gasteiger partial charge in [0.2, 0.25) is 0 Å². The molecule has 5 heteroatoms. The summed E-state index contributed by atoms with van der Waals surface area (Å²) in [5.41, 5.74) is 0.894. The first-order valence-electron chi connectivity index (χ1n) is 3.64. The lowest BCUT2D eigenvalue weighted by Crippen LogP contribution is -1.69. The van der Waals surface area contributed by atoms with Crippen molar-refractivity contribution >= 4 is 17.6 Å². The average molecular weight is 194 g/mol. The fourth-order valence-corrected chi connectivity index (χ4v) is 1.79. The third-order valence-corrected chi connectivity index (χ3v) is 2.60. The van der Waals surface area contributed by atoms with E-state index >= 15 is 0 Å². The highest BCUT2D eigenvalue weighted by atomic mass is 32.1. The molecule has 0 unspecified atom stereocenters. The maximum absolute atomic E-state index is 10.4. The lowest BCUT2D eigenvalue weighted by atomic mass is 10.2. The number of hydrogen-bond acceptors (Lipinski definition) is 5. The van der Waals surface area contributed by atoms with Crippen molar-refractivity contribution < 1.29 is 9.32 Å². The van der Waals surface area contributed by atoms with E-state index in [9.17, 15) is 4.79 Å². The Labute approximate surface area is 78.2 Å². The summed E-state index contributed by atoms with van der Waals surface area (Å²) in [5.74, 6) is 0.737. The van der Waals surface area contributed by atoms with Crippen molar-refractivity contribution in [2.45, 2.75) is 6.92 Å². The van der Waals surface area contributed by atoms with E-state index in [-0.39, 0.29) is 0 Å². The van der Waals surface area contributed by atoms with Gasteiger partial charge in [-0.2, -0.15) is 0 Å². The SMILES string of the molecule is Cc1oncc1-c1cnc(C=O)s1. The molecule has 0 fully saturated rings. The summed E-state index contributed by atoms with van der Waals surface area (Å²) >= 11 is 1.33. The fourth-order valence-electron chi connectivity index (χ4n) is 1.00. The highest BCUT2D eigenvalue weighted by Crippen LogP contribution is 2.27. The number of thiazole rings is 1. The van der Waals surface area contributed by atoms with Gasteiger partial charge in [-0.25, -0.2) is 4.98 Å². The normalized spacial score (nSPS) is 10.2. The highest BCUT2D eigenvalue weighted by molar-refractivity contribution is 7.16. The van der Waals surface area contributed by atoms with Crippen molar-refractivity contribution in [3.05, 3.63) is 23.2 Å². The largest absolute Gasteiger partial charge is 0.361 e. The van der Waals surface area contributed by atoms with Crippen molar-refractivity contribution in [2.24, 2.45) is 0 Å². The average Bonchev–Trinajstić information content (AvgIpc) is 2.71. The van der Waals surface area contributed by atoms with Crippen molar-refractivity contribution in [3.8, 4) is 10.4 Å². The van der Waals surface area contributed by atoms with Gasteiger partial charge < -0.3 is 4.52 Å². The highest BCUT2D eigenvalue weighted by Gasteiger charge is 2.09. The number of aryl methyl sites for hydroxylation is 1. The minimum absolute atomic E-state index is 0.468. The maximum atomic E-state index is 10.4. The topological polar surface area (TPSA) is 56.0 Å². The van der Waals surface area contributed by atoms with Gasteiger partial charge >= 0.3 is 0 Å². The number of rotatable bonds is 2. The number of aromatic nitrogens is 2. The van der Waals surface area contributed by atoms with Gasteiger partial charge in [0.1, 0.15) is 5.76 Å². The van der Waals surface area contributed by atoms with Crippen LogP contribution in [0.5, 0.6) is 0 Å². The maximum Gasteiger partial charge on any atom is 0.178 e. The Hall–Kier alpha value is -1.49. The molecule has 2 heterocycles. The Kier molecular flexibility index (Phi) is 1.94. The smallest absolute Gasteiger partial charge is 0.178 e. The lowest BCUT2D eigenvalue weighted by Gasteiger charge is -1.87. The molecule has 0 aliphatic heterocycles. The fraction of sp³-hybridized carbons (Fsp3) is 0.125. The van der Waals surface area contributed by atoms with E-state index in [0.29, 0.717) is 5.01 Å². The van der Waals surface area contributed by atoms with Crippen LogP contribution in [0.4, 0.5) is 0 Å². The Morgan fingerprint density at radius 2 is 2.38 bits per heavy atom. The minimum Gasteiger partial charge on any atom is -0.361 e. The number of nitrogens with zero attached hydrogens (tertiary/aromatic N) is 2. The molecule has 0 saturated heterocycles. The Morgan fingerprint density at radius 3 is 2.92 bits per heavy atom. The zero-order chi connectivity index (χ0) is 9.26. The molecule has 66 valence electrons. The van der Waals surface area contributed by atoms with Crippen LogP contribution in [-0.4, -0.2) is 16.4 Å². The quantitative estimate of drug-likeness (QED) is 0.685. The first kappa shape index (κ1) is 8.12. The van der Waals surface area contributed by atoms with Crippen LogP contribution in [0.2, 0.25) is 0 Å². The molecule has 0 amide bonds. The summed E-state index contributed by atoms with van der Waals surface area (Å²) in [5, 5.41) is 4.12. The van der Waals surface area contributed by atoms with E-state index in [2.05, 4.69) is 10.1 Å². The van der Waals surface area contributed by atoms with Gasteiger partial charge in [0.05, 0.1) is 16.6 Å². The van der Waals surface area contributed by atoms with Gasteiger partial charge in [0.25, 0.3) is 0 Å². The number of hydrogen-bond donors (Lipinski definition) is 0. The van der Waals surface area contributed by atoms with Crippen LogP contribution in [0, 0.1) is 6.92 Å². The number of carbonyl (C=O) groups is 1. The van der Waals surface area contributed by atoms with Crippen LogP contribution < -0.4 is 0 Å².